The average molecular weight is 322 g/mol. The molecule has 0 bridgehead atoms. The van der Waals surface area contributed by atoms with Crippen molar-refractivity contribution in [1.82, 2.24) is 0 Å². The zero-order chi connectivity index (χ0) is 17.0. The summed E-state index contributed by atoms with van der Waals surface area (Å²) in [6.07, 6.45) is 0. The highest BCUT2D eigenvalue weighted by Crippen LogP contribution is 2.60. The molecule has 2 aromatic rings. The van der Waals surface area contributed by atoms with Crippen molar-refractivity contribution in [3.05, 3.63) is 70.8 Å². The standard InChI is InChI=1S/C19H14O5/c20-17-11-7-3-1-5-9(11)13-14(10-6-2-4-8-12(10)17)16(19(23)24)15(13)18(21)22/h1-8,13-16H,(H,21,22)(H,23,24)/t13-,14+,15-,16+. The molecule has 0 spiro atoms. The SMILES string of the molecule is O=C1c2ccccc2[C@@H]2[C@H](C(=O)O)[C@H](C(=O)O)[C@@H]2c2ccccc21. The van der Waals surface area contributed by atoms with E-state index in [1.165, 1.54) is 0 Å². The molecule has 0 aliphatic heterocycles. The first-order chi connectivity index (χ1) is 11.5. The summed E-state index contributed by atoms with van der Waals surface area (Å²) >= 11 is 0. The van der Waals surface area contributed by atoms with Crippen LogP contribution in [-0.4, -0.2) is 27.9 Å². The molecule has 2 aromatic carbocycles. The van der Waals surface area contributed by atoms with Crippen molar-refractivity contribution in [3.8, 4) is 0 Å². The predicted molar refractivity (Wildman–Crippen MR) is 84.1 cm³/mol. The van der Waals surface area contributed by atoms with Gasteiger partial charge in [-0.1, -0.05) is 48.5 Å². The van der Waals surface area contributed by atoms with Crippen LogP contribution in [0.15, 0.2) is 48.5 Å². The summed E-state index contributed by atoms with van der Waals surface area (Å²) in [6.45, 7) is 0. The molecule has 2 N–H and O–H groups in total. The lowest BCUT2D eigenvalue weighted by Gasteiger charge is -2.48. The van der Waals surface area contributed by atoms with Crippen molar-refractivity contribution in [2.45, 2.75) is 11.8 Å². The van der Waals surface area contributed by atoms with Gasteiger partial charge in [-0.2, -0.15) is 0 Å². The predicted octanol–water partition coefficient (Wildman–Crippen LogP) is 2.51. The van der Waals surface area contributed by atoms with Gasteiger partial charge in [-0.15, -0.1) is 0 Å². The van der Waals surface area contributed by atoms with Gasteiger partial charge in [0.05, 0.1) is 11.8 Å². The second-order valence-corrected chi connectivity index (χ2v) is 6.28. The van der Waals surface area contributed by atoms with Crippen molar-refractivity contribution in [1.29, 1.82) is 0 Å². The van der Waals surface area contributed by atoms with Crippen LogP contribution in [0.1, 0.15) is 38.9 Å². The number of hydrogen-bond donors (Lipinski definition) is 2. The van der Waals surface area contributed by atoms with Crippen molar-refractivity contribution in [2.75, 3.05) is 0 Å². The quantitative estimate of drug-likeness (QED) is 0.886. The van der Waals surface area contributed by atoms with E-state index in [0.29, 0.717) is 22.3 Å². The molecule has 2 aliphatic carbocycles. The number of fused-ring (bicyclic) bond motifs is 5. The van der Waals surface area contributed by atoms with Crippen molar-refractivity contribution < 1.29 is 24.6 Å². The van der Waals surface area contributed by atoms with Gasteiger partial charge < -0.3 is 10.2 Å². The molecule has 1 saturated carbocycles. The molecule has 0 saturated heterocycles. The van der Waals surface area contributed by atoms with Crippen molar-refractivity contribution in [2.24, 2.45) is 11.8 Å². The van der Waals surface area contributed by atoms with Gasteiger partial charge >= 0.3 is 11.9 Å². The zero-order valence-corrected chi connectivity index (χ0v) is 12.5. The van der Waals surface area contributed by atoms with Crippen LogP contribution in [0.5, 0.6) is 0 Å². The van der Waals surface area contributed by atoms with E-state index in [1.807, 2.05) is 0 Å². The average Bonchev–Trinajstić information content (AvgIpc) is 2.60. The lowest BCUT2D eigenvalue weighted by atomic mass is 9.52. The van der Waals surface area contributed by atoms with Crippen LogP contribution in [0, 0.1) is 11.8 Å². The molecule has 0 aromatic heterocycles. The largest absolute Gasteiger partial charge is 0.481 e. The fourth-order valence-corrected chi connectivity index (χ4v) is 4.27. The molecule has 5 nitrogen and oxygen atoms in total. The van der Waals surface area contributed by atoms with Gasteiger partial charge in [0.1, 0.15) is 0 Å². The summed E-state index contributed by atoms with van der Waals surface area (Å²) in [5.74, 6) is -5.53. The number of rotatable bonds is 2. The zero-order valence-electron chi connectivity index (χ0n) is 12.5. The van der Waals surface area contributed by atoms with Crippen LogP contribution in [-0.2, 0) is 9.59 Å². The highest BCUT2D eigenvalue weighted by molar-refractivity contribution is 6.12. The lowest BCUT2D eigenvalue weighted by molar-refractivity contribution is -0.164. The van der Waals surface area contributed by atoms with Gasteiger partial charge in [0.25, 0.3) is 0 Å². The van der Waals surface area contributed by atoms with E-state index in [-0.39, 0.29) is 5.78 Å². The van der Waals surface area contributed by atoms with E-state index in [9.17, 15) is 24.6 Å². The maximum absolute atomic E-state index is 12.9. The van der Waals surface area contributed by atoms with Crippen molar-refractivity contribution >= 4 is 17.7 Å². The molecule has 0 unspecified atom stereocenters. The Kier molecular flexibility index (Phi) is 3.06. The van der Waals surface area contributed by atoms with Crippen LogP contribution in [0.2, 0.25) is 0 Å². The number of carboxylic acids is 2. The molecule has 5 heteroatoms. The summed E-state index contributed by atoms with van der Waals surface area (Å²) < 4.78 is 0. The Balaban J connectivity index is 2.01. The Morgan fingerprint density at radius 2 is 1.08 bits per heavy atom. The van der Waals surface area contributed by atoms with E-state index in [4.69, 9.17) is 0 Å². The minimum atomic E-state index is -1.13. The molecule has 0 radical (unpaired) electrons. The summed E-state index contributed by atoms with van der Waals surface area (Å²) in [4.78, 5) is 36.3. The lowest BCUT2D eigenvalue weighted by Crippen LogP contribution is -2.51. The third-order valence-electron chi connectivity index (χ3n) is 5.25. The molecule has 2 aliphatic rings. The topological polar surface area (TPSA) is 91.7 Å². The van der Waals surface area contributed by atoms with E-state index in [0.717, 1.165) is 0 Å². The van der Waals surface area contributed by atoms with Gasteiger partial charge in [-0.25, -0.2) is 0 Å². The normalized spacial score (nSPS) is 27.1. The first-order valence-electron chi connectivity index (χ1n) is 7.70. The van der Waals surface area contributed by atoms with Crippen LogP contribution >= 0.6 is 0 Å². The van der Waals surface area contributed by atoms with Gasteiger partial charge in [0.2, 0.25) is 0 Å². The van der Waals surface area contributed by atoms with E-state index in [1.54, 1.807) is 48.5 Å². The summed E-state index contributed by atoms with van der Waals surface area (Å²) in [6, 6.07) is 13.8. The molecule has 1 fully saturated rings. The minimum Gasteiger partial charge on any atom is -0.481 e. The summed E-state index contributed by atoms with van der Waals surface area (Å²) in [5, 5.41) is 19.1. The van der Waals surface area contributed by atoms with Crippen LogP contribution in [0.3, 0.4) is 0 Å². The van der Waals surface area contributed by atoms with Gasteiger partial charge in [-0.05, 0) is 11.1 Å². The maximum Gasteiger partial charge on any atom is 0.308 e. The van der Waals surface area contributed by atoms with E-state index >= 15 is 0 Å². The molecular formula is C19H14O5. The Hall–Kier alpha value is -2.95. The first-order valence-corrected chi connectivity index (χ1v) is 7.70. The molecule has 4 rings (SSSR count). The number of aliphatic carboxylic acids is 2. The molecule has 4 atom stereocenters. The third-order valence-corrected chi connectivity index (χ3v) is 5.25. The number of carbonyl (C=O) groups excluding carboxylic acids is 1. The highest BCUT2D eigenvalue weighted by Gasteiger charge is 2.60. The summed E-state index contributed by atoms with van der Waals surface area (Å²) in [5.41, 5.74) is 2.20. The third kappa shape index (κ3) is 1.78. The molecule has 0 amide bonds. The fraction of sp³-hybridized carbons (Fsp3) is 0.211. The Labute approximate surface area is 137 Å². The van der Waals surface area contributed by atoms with Crippen LogP contribution in [0.4, 0.5) is 0 Å². The second-order valence-electron chi connectivity index (χ2n) is 6.28. The number of hydrogen-bond acceptors (Lipinski definition) is 3. The molecule has 120 valence electrons. The molecule has 0 heterocycles. The Morgan fingerprint density at radius 3 is 1.46 bits per heavy atom. The monoisotopic (exact) mass is 322 g/mol. The van der Waals surface area contributed by atoms with Crippen molar-refractivity contribution in [3.63, 3.8) is 0 Å². The van der Waals surface area contributed by atoms with E-state index in [2.05, 4.69) is 0 Å². The number of carboxylic acid groups (broad SMARTS) is 2. The van der Waals surface area contributed by atoms with Gasteiger partial charge in [-0.3, -0.25) is 14.4 Å². The van der Waals surface area contributed by atoms with Crippen LogP contribution < -0.4 is 0 Å². The van der Waals surface area contributed by atoms with Gasteiger partial charge in [0.15, 0.2) is 5.78 Å². The second kappa shape index (κ2) is 5.03. The molecule has 24 heavy (non-hydrogen) atoms. The number of ketones is 1. The van der Waals surface area contributed by atoms with Gasteiger partial charge in [0, 0.05) is 23.0 Å². The number of carbonyl (C=O) groups is 3. The van der Waals surface area contributed by atoms with Crippen LogP contribution in [0.25, 0.3) is 0 Å². The minimum absolute atomic E-state index is 0.177. The summed E-state index contributed by atoms with van der Waals surface area (Å²) in [7, 11) is 0. The Morgan fingerprint density at radius 1 is 0.708 bits per heavy atom. The number of benzene rings is 2. The highest BCUT2D eigenvalue weighted by atomic mass is 16.4. The smallest absolute Gasteiger partial charge is 0.308 e. The molecular weight excluding hydrogens is 308 g/mol. The maximum atomic E-state index is 12.9. The fourth-order valence-electron chi connectivity index (χ4n) is 4.27. The first kappa shape index (κ1) is 14.6. The van der Waals surface area contributed by atoms with E-state index < -0.39 is 35.6 Å². The Bertz CT molecular complexity index is 813.